The number of benzene rings is 1. The number of nitrogens with two attached hydrogens (primary N) is 1. The van der Waals surface area contributed by atoms with Crippen LogP contribution in [0.4, 0.5) is 5.69 Å². The Morgan fingerprint density at radius 3 is 2.70 bits per heavy atom. The number of anilines is 1. The van der Waals surface area contributed by atoms with Crippen molar-refractivity contribution in [1.29, 1.82) is 0 Å². The molecule has 0 radical (unpaired) electrons. The van der Waals surface area contributed by atoms with Crippen LogP contribution in [0.2, 0.25) is 0 Å². The maximum Gasteiger partial charge on any atom is 0.261 e. The highest BCUT2D eigenvalue weighted by atomic mass is 16.4. The quantitative estimate of drug-likeness (QED) is 0.387. The highest BCUT2D eigenvalue weighted by molar-refractivity contribution is 6.06. The van der Waals surface area contributed by atoms with Gasteiger partial charge in [-0.05, 0) is 25.1 Å². The Balaban J connectivity index is 2.29. The van der Waals surface area contributed by atoms with Crippen LogP contribution >= 0.6 is 0 Å². The van der Waals surface area contributed by atoms with Crippen molar-refractivity contribution in [1.82, 2.24) is 0 Å². The van der Waals surface area contributed by atoms with Crippen molar-refractivity contribution in [2.24, 2.45) is 10.9 Å². The van der Waals surface area contributed by atoms with E-state index in [2.05, 4.69) is 5.16 Å². The predicted octanol–water partition coefficient (Wildman–Crippen LogP) is 1.96. The van der Waals surface area contributed by atoms with Gasteiger partial charge in [0.15, 0.2) is 5.84 Å². The molecule has 20 heavy (non-hydrogen) atoms. The number of furan rings is 1. The van der Waals surface area contributed by atoms with Crippen molar-refractivity contribution in [3.8, 4) is 0 Å². The molecule has 2 rings (SSSR count). The highest BCUT2D eigenvalue weighted by Gasteiger charge is 2.16. The van der Waals surface area contributed by atoms with Gasteiger partial charge in [-0.25, -0.2) is 0 Å². The van der Waals surface area contributed by atoms with Crippen LogP contribution in [0.1, 0.15) is 21.7 Å². The maximum atomic E-state index is 12.3. The van der Waals surface area contributed by atoms with Crippen molar-refractivity contribution in [2.45, 2.75) is 6.92 Å². The van der Waals surface area contributed by atoms with Crippen LogP contribution in [-0.4, -0.2) is 24.0 Å². The third kappa shape index (κ3) is 2.64. The SMILES string of the molecule is Cc1cc(C(=O)N(C)c2cccc(/C(N)=N/O)c2)co1. The summed E-state index contributed by atoms with van der Waals surface area (Å²) in [5.41, 5.74) is 7.18. The van der Waals surface area contributed by atoms with Crippen LogP contribution in [0.3, 0.4) is 0 Å². The molecule has 1 heterocycles. The van der Waals surface area contributed by atoms with E-state index in [9.17, 15) is 4.79 Å². The first-order valence-corrected chi connectivity index (χ1v) is 5.94. The summed E-state index contributed by atoms with van der Waals surface area (Å²) in [5, 5.41) is 11.6. The molecule has 0 saturated carbocycles. The van der Waals surface area contributed by atoms with Crippen molar-refractivity contribution in [3.63, 3.8) is 0 Å². The molecule has 1 amide bonds. The molecule has 0 spiro atoms. The van der Waals surface area contributed by atoms with E-state index in [-0.39, 0.29) is 11.7 Å². The molecule has 1 aromatic carbocycles. The van der Waals surface area contributed by atoms with Gasteiger partial charge in [-0.2, -0.15) is 0 Å². The van der Waals surface area contributed by atoms with Gasteiger partial charge < -0.3 is 20.3 Å². The molecule has 0 fully saturated rings. The molecular weight excluding hydrogens is 258 g/mol. The van der Waals surface area contributed by atoms with E-state index in [1.807, 2.05) is 0 Å². The third-order valence-electron chi connectivity index (χ3n) is 2.92. The van der Waals surface area contributed by atoms with Gasteiger partial charge in [0.25, 0.3) is 5.91 Å². The molecule has 0 unspecified atom stereocenters. The predicted molar refractivity (Wildman–Crippen MR) is 75.1 cm³/mol. The Morgan fingerprint density at radius 1 is 1.35 bits per heavy atom. The summed E-state index contributed by atoms with van der Waals surface area (Å²) < 4.78 is 5.13. The number of carbonyl (C=O) groups is 1. The van der Waals surface area contributed by atoms with Crippen LogP contribution in [0.5, 0.6) is 0 Å². The number of nitrogens with zero attached hydrogens (tertiary/aromatic N) is 2. The number of aryl methyl sites for hydroxylation is 1. The fourth-order valence-corrected chi connectivity index (χ4v) is 1.80. The number of amides is 1. The first-order chi connectivity index (χ1) is 9.52. The van der Waals surface area contributed by atoms with E-state index in [4.69, 9.17) is 15.4 Å². The average molecular weight is 273 g/mol. The minimum Gasteiger partial charge on any atom is -0.469 e. The lowest BCUT2D eigenvalue weighted by molar-refractivity contribution is 0.0992. The summed E-state index contributed by atoms with van der Waals surface area (Å²) in [7, 11) is 1.65. The van der Waals surface area contributed by atoms with Gasteiger partial charge in [0.2, 0.25) is 0 Å². The van der Waals surface area contributed by atoms with Crippen LogP contribution in [0.15, 0.2) is 46.2 Å². The number of hydrogen-bond donors (Lipinski definition) is 2. The van der Waals surface area contributed by atoms with E-state index in [1.54, 1.807) is 44.3 Å². The number of hydrogen-bond acceptors (Lipinski definition) is 4. The average Bonchev–Trinajstić information content (AvgIpc) is 2.91. The van der Waals surface area contributed by atoms with Crippen molar-refractivity contribution in [3.05, 3.63) is 53.5 Å². The lowest BCUT2D eigenvalue weighted by Crippen LogP contribution is -2.26. The summed E-state index contributed by atoms with van der Waals surface area (Å²) in [6.07, 6.45) is 1.42. The van der Waals surface area contributed by atoms with Crippen LogP contribution in [-0.2, 0) is 0 Å². The molecular formula is C14H15N3O3. The highest BCUT2D eigenvalue weighted by Crippen LogP contribution is 2.18. The zero-order valence-electron chi connectivity index (χ0n) is 11.2. The number of rotatable bonds is 3. The van der Waals surface area contributed by atoms with Crippen molar-refractivity contribution >= 4 is 17.4 Å². The standard InChI is InChI=1S/C14H15N3O3/c1-9-6-11(8-20-9)14(18)17(2)12-5-3-4-10(7-12)13(15)16-19/h3-8,19H,1-2H3,(H2,15,16). The molecule has 0 saturated heterocycles. The molecule has 0 bridgehead atoms. The first-order valence-electron chi connectivity index (χ1n) is 5.94. The second kappa shape index (κ2) is 5.48. The second-order valence-corrected chi connectivity index (χ2v) is 4.35. The molecule has 2 aromatic rings. The molecule has 1 aromatic heterocycles. The zero-order valence-corrected chi connectivity index (χ0v) is 11.2. The Morgan fingerprint density at radius 2 is 2.10 bits per heavy atom. The molecule has 0 atom stereocenters. The van der Waals surface area contributed by atoms with Crippen LogP contribution < -0.4 is 10.6 Å². The fraction of sp³-hybridized carbons (Fsp3) is 0.143. The van der Waals surface area contributed by atoms with Crippen LogP contribution in [0.25, 0.3) is 0 Å². The lowest BCUT2D eigenvalue weighted by Gasteiger charge is -2.17. The summed E-state index contributed by atoms with van der Waals surface area (Å²) >= 11 is 0. The van der Waals surface area contributed by atoms with E-state index < -0.39 is 0 Å². The van der Waals surface area contributed by atoms with Gasteiger partial charge in [-0.3, -0.25) is 4.79 Å². The minimum absolute atomic E-state index is 0.00754. The van der Waals surface area contributed by atoms with Crippen molar-refractivity contribution < 1.29 is 14.4 Å². The van der Waals surface area contributed by atoms with E-state index >= 15 is 0 Å². The smallest absolute Gasteiger partial charge is 0.261 e. The number of carbonyl (C=O) groups excluding carboxylic acids is 1. The van der Waals surface area contributed by atoms with E-state index in [1.165, 1.54) is 11.2 Å². The molecule has 104 valence electrons. The van der Waals surface area contributed by atoms with Gasteiger partial charge in [0, 0.05) is 18.3 Å². The number of amidine groups is 1. The van der Waals surface area contributed by atoms with Crippen LogP contribution in [0, 0.1) is 6.92 Å². The molecule has 0 aliphatic carbocycles. The largest absolute Gasteiger partial charge is 0.469 e. The first kappa shape index (κ1) is 13.7. The van der Waals surface area contributed by atoms with E-state index in [0.717, 1.165) is 0 Å². The van der Waals surface area contributed by atoms with Gasteiger partial charge >= 0.3 is 0 Å². The Bertz CT molecular complexity index is 661. The second-order valence-electron chi connectivity index (χ2n) is 4.35. The van der Waals surface area contributed by atoms with Gasteiger partial charge in [0.05, 0.1) is 5.56 Å². The molecule has 6 nitrogen and oxygen atoms in total. The van der Waals surface area contributed by atoms with Gasteiger partial charge in [-0.15, -0.1) is 0 Å². The van der Waals surface area contributed by atoms with Crippen molar-refractivity contribution in [2.75, 3.05) is 11.9 Å². The van der Waals surface area contributed by atoms with Gasteiger partial charge in [-0.1, -0.05) is 17.3 Å². The number of oxime groups is 1. The Labute approximate surface area is 116 Å². The summed E-state index contributed by atoms with van der Waals surface area (Å²) in [5.74, 6) is 0.470. The minimum atomic E-state index is -0.196. The third-order valence-corrected chi connectivity index (χ3v) is 2.92. The summed E-state index contributed by atoms with van der Waals surface area (Å²) in [6.45, 7) is 1.77. The molecule has 0 aliphatic heterocycles. The lowest BCUT2D eigenvalue weighted by atomic mass is 10.1. The normalized spacial score (nSPS) is 11.4. The monoisotopic (exact) mass is 273 g/mol. The topological polar surface area (TPSA) is 92.1 Å². The molecule has 3 N–H and O–H groups in total. The Hall–Kier alpha value is -2.76. The van der Waals surface area contributed by atoms with Gasteiger partial charge in [0.1, 0.15) is 12.0 Å². The zero-order chi connectivity index (χ0) is 14.7. The summed E-state index contributed by atoms with van der Waals surface area (Å²) in [4.78, 5) is 13.7. The molecule has 0 aliphatic rings. The molecule has 6 heteroatoms. The fourth-order valence-electron chi connectivity index (χ4n) is 1.80. The van der Waals surface area contributed by atoms with E-state index in [0.29, 0.717) is 22.6 Å². The Kier molecular flexibility index (Phi) is 3.74. The maximum absolute atomic E-state index is 12.3. The summed E-state index contributed by atoms with van der Waals surface area (Å²) in [6, 6.07) is 8.52.